The van der Waals surface area contributed by atoms with Crippen LogP contribution in [0.2, 0.25) is 0 Å². The van der Waals surface area contributed by atoms with Crippen molar-refractivity contribution in [2.45, 2.75) is 0 Å². The van der Waals surface area contributed by atoms with Crippen LogP contribution in [0.5, 0.6) is 0 Å². The fourth-order valence-corrected chi connectivity index (χ4v) is 2.80. The average Bonchev–Trinajstić information content (AvgIpc) is 2.89. The molecule has 0 aliphatic rings. The van der Waals surface area contributed by atoms with Gasteiger partial charge in [0.15, 0.2) is 10.9 Å². The van der Waals surface area contributed by atoms with Gasteiger partial charge in [-0.3, -0.25) is 10.1 Å². The molecule has 110 valence electrons. The summed E-state index contributed by atoms with van der Waals surface area (Å²) in [6, 6.07) is 11.3. The second-order valence-electron chi connectivity index (χ2n) is 4.49. The third kappa shape index (κ3) is 3.17. The van der Waals surface area contributed by atoms with Crippen molar-refractivity contribution in [3.63, 3.8) is 0 Å². The summed E-state index contributed by atoms with van der Waals surface area (Å²) in [4.78, 5) is 15.8. The Morgan fingerprint density at radius 1 is 1.18 bits per heavy atom. The molecule has 0 aliphatic carbocycles. The number of fused-ring (bicyclic) bond motifs is 1. The zero-order valence-corrected chi connectivity index (χ0v) is 12.0. The maximum Gasteiger partial charge on any atom is 0.250 e. The van der Waals surface area contributed by atoms with Crippen LogP contribution in [-0.4, -0.2) is 10.9 Å². The van der Waals surface area contributed by atoms with Crippen LogP contribution < -0.4 is 5.32 Å². The van der Waals surface area contributed by atoms with Gasteiger partial charge in [0.1, 0.15) is 11.3 Å². The number of nitrogens with zero attached hydrogens (tertiary/aromatic N) is 1. The van der Waals surface area contributed by atoms with Gasteiger partial charge in [-0.05, 0) is 17.7 Å². The third-order valence-corrected chi connectivity index (χ3v) is 3.79. The fraction of sp³-hybridized carbons (Fsp3) is 0. The number of anilines is 1. The van der Waals surface area contributed by atoms with Crippen molar-refractivity contribution in [1.29, 1.82) is 0 Å². The number of benzene rings is 2. The van der Waals surface area contributed by atoms with E-state index in [1.165, 1.54) is 12.1 Å². The molecule has 1 heterocycles. The highest BCUT2D eigenvalue weighted by Gasteiger charge is 2.11. The Kier molecular flexibility index (Phi) is 3.93. The van der Waals surface area contributed by atoms with Gasteiger partial charge in [0.05, 0.1) is 4.70 Å². The Labute approximate surface area is 128 Å². The van der Waals surface area contributed by atoms with Crippen LogP contribution in [0.25, 0.3) is 16.3 Å². The number of carbonyl (C=O) groups is 1. The minimum absolute atomic E-state index is 0.0498. The SMILES string of the molecule is O=C(/C=C/c1ccccc1)Nc1nc2c(F)cc(F)cc2s1. The number of nitrogens with one attached hydrogen (secondary N) is 1. The molecule has 2 aromatic carbocycles. The molecule has 0 radical (unpaired) electrons. The molecule has 1 aromatic heterocycles. The molecule has 3 nitrogen and oxygen atoms in total. The summed E-state index contributed by atoms with van der Waals surface area (Å²) in [6.45, 7) is 0. The predicted molar refractivity (Wildman–Crippen MR) is 83.6 cm³/mol. The Bertz CT molecular complexity index is 859. The highest BCUT2D eigenvalue weighted by Crippen LogP contribution is 2.28. The van der Waals surface area contributed by atoms with E-state index in [1.807, 2.05) is 30.3 Å². The van der Waals surface area contributed by atoms with Gasteiger partial charge in [-0.1, -0.05) is 41.7 Å². The van der Waals surface area contributed by atoms with E-state index < -0.39 is 11.6 Å². The van der Waals surface area contributed by atoms with Crippen molar-refractivity contribution >= 4 is 38.7 Å². The number of aromatic nitrogens is 1. The first-order chi connectivity index (χ1) is 10.6. The summed E-state index contributed by atoms with van der Waals surface area (Å²) in [5.74, 6) is -1.80. The van der Waals surface area contributed by atoms with E-state index in [-0.39, 0.29) is 16.6 Å². The van der Waals surface area contributed by atoms with Crippen molar-refractivity contribution < 1.29 is 13.6 Å². The van der Waals surface area contributed by atoms with Crippen LogP contribution in [0, 0.1) is 11.6 Å². The van der Waals surface area contributed by atoms with Gasteiger partial charge >= 0.3 is 0 Å². The number of carbonyl (C=O) groups excluding carboxylic acids is 1. The van der Waals surface area contributed by atoms with Crippen LogP contribution in [0.3, 0.4) is 0 Å². The van der Waals surface area contributed by atoms with E-state index in [1.54, 1.807) is 6.08 Å². The van der Waals surface area contributed by atoms with E-state index in [0.29, 0.717) is 4.70 Å². The lowest BCUT2D eigenvalue weighted by atomic mass is 10.2. The molecule has 0 atom stereocenters. The number of amides is 1. The molecular weight excluding hydrogens is 306 g/mol. The number of rotatable bonds is 3. The van der Waals surface area contributed by atoms with Crippen LogP contribution in [0.15, 0.2) is 48.5 Å². The average molecular weight is 316 g/mol. The lowest BCUT2D eigenvalue weighted by Gasteiger charge is -1.95. The summed E-state index contributed by atoms with van der Waals surface area (Å²) in [7, 11) is 0. The molecule has 1 amide bonds. The van der Waals surface area contributed by atoms with Crippen LogP contribution in [-0.2, 0) is 4.79 Å². The van der Waals surface area contributed by atoms with Crippen LogP contribution in [0.1, 0.15) is 5.56 Å². The van der Waals surface area contributed by atoms with Gasteiger partial charge in [0, 0.05) is 12.1 Å². The monoisotopic (exact) mass is 316 g/mol. The number of halogens is 2. The Morgan fingerprint density at radius 2 is 1.95 bits per heavy atom. The Hall–Kier alpha value is -2.60. The molecule has 1 N–H and O–H groups in total. The topological polar surface area (TPSA) is 42.0 Å². The van der Waals surface area contributed by atoms with Gasteiger partial charge in [0.25, 0.3) is 0 Å². The Morgan fingerprint density at radius 3 is 2.73 bits per heavy atom. The van der Waals surface area contributed by atoms with E-state index in [4.69, 9.17) is 0 Å². The van der Waals surface area contributed by atoms with E-state index >= 15 is 0 Å². The molecule has 0 spiro atoms. The van der Waals surface area contributed by atoms with E-state index in [0.717, 1.165) is 23.0 Å². The first-order valence-electron chi connectivity index (χ1n) is 6.41. The summed E-state index contributed by atoms with van der Waals surface area (Å²) < 4.78 is 27.0. The summed E-state index contributed by atoms with van der Waals surface area (Å²) in [6.07, 6.45) is 3.02. The van der Waals surface area contributed by atoms with E-state index in [9.17, 15) is 13.6 Å². The maximum atomic E-state index is 13.5. The second-order valence-corrected chi connectivity index (χ2v) is 5.52. The second kappa shape index (κ2) is 6.03. The molecule has 0 saturated heterocycles. The normalized spacial score (nSPS) is 11.2. The fourth-order valence-electron chi connectivity index (χ4n) is 1.89. The number of hydrogen-bond donors (Lipinski definition) is 1. The van der Waals surface area contributed by atoms with Crippen molar-refractivity contribution in [1.82, 2.24) is 4.98 Å². The summed E-state index contributed by atoms with van der Waals surface area (Å²) in [5, 5.41) is 2.77. The summed E-state index contributed by atoms with van der Waals surface area (Å²) in [5.41, 5.74) is 0.934. The van der Waals surface area contributed by atoms with Crippen LogP contribution >= 0.6 is 11.3 Å². The van der Waals surface area contributed by atoms with Gasteiger partial charge in [-0.15, -0.1) is 0 Å². The molecule has 3 aromatic rings. The molecule has 0 aliphatic heterocycles. The van der Waals surface area contributed by atoms with Crippen molar-refractivity contribution in [3.8, 4) is 0 Å². The lowest BCUT2D eigenvalue weighted by Crippen LogP contribution is -2.07. The number of hydrogen-bond acceptors (Lipinski definition) is 3. The van der Waals surface area contributed by atoms with Crippen molar-refractivity contribution in [2.75, 3.05) is 5.32 Å². The van der Waals surface area contributed by atoms with E-state index in [2.05, 4.69) is 10.3 Å². The lowest BCUT2D eigenvalue weighted by molar-refractivity contribution is -0.111. The minimum atomic E-state index is -0.744. The van der Waals surface area contributed by atoms with Gasteiger partial charge in [-0.25, -0.2) is 13.8 Å². The molecule has 0 bridgehead atoms. The van der Waals surface area contributed by atoms with Gasteiger partial charge in [0.2, 0.25) is 5.91 Å². The molecule has 0 saturated carbocycles. The van der Waals surface area contributed by atoms with Crippen molar-refractivity contribution in [2.24, 2.45) is 0 Å². The predicted octanol–water partition coefficient (Wildman–Crippen LogP) is 4.23. The quantitative estimate of drug-likeness (QED) is 0.735. The molecule has 0 fully saturated rings. The standard InChI is InChI=1S/C16H10F2N2OS/c17-11-8-12(18)15-13(9-11)22-16(20-15)19-14(21)7-6-10-4-2-1-3-5-10/h1-9H,(H,19,20,21)/b7-6+. The zero-order chi connectivity index (χ0) is 15.5. The Balaban J connectivity index is 1.77. The minimum Gasteiger partial charge on any atom is -0.298 e. The smallest absolute Gasteiger partial charge is 0.250 e. The van der Waals surface area contributed by atoms with Crippen LogP contribution in [0.4, 0.5) is 13.9 Å². The molecule has 6 heteroatoms. The third-order valence-electron chi connectivity index (χ3n) is 2.87. The maximum absolute atomic E-state index is 13.5. The summed E-state index contributed by atoms with van der Waals surface area (Å²) >= 11 is 1.02. The molecule has 22 heavy (non-hydrogen) atoms. The largest absolute Gasteiger partial charge is 0.298 e. The zero-order valence-electron chi connectivity index (χ0n) is 11.2. The highest BCUT2D eigenvalue weighted by molar-refractivity contribution is 7.22. The molecular formula is C16H10F2N2OS. The van der Waals surface area contributed by atoms with Gasteiger partial charge < -0.3 is 0 Å². The van der Waals surface area contributed by atoms with Gasteiger partial charge in [-0.2, -0.15) is 0 Å². The van der Waals surface area contributed by atoms with Crippen molar-refractivity contribution in [3.05, 3.63) is 65.7 Å². The molecule has 3 rings (SSSR count). The molecule has 0 unspecified atom stereocenters. The number of thiazole rings is 1. The highest BCUT2D eigenvalue weighted by atomic mass is 32.1. The first kappa shape index (κ1) is 14.3. The first-order valence-corrected chi connectivity index (χ1v) is 7.23.